The van der Waals surface area contributed by atoms with Crippen LogP contribution in [-0.4, -0.2) is 11.1 Å². The van der Waals surface area contributed by atoms with Crippen molar-refractivity contribution in [3.63, 3.8) is 0 Å². The van der Waals surface area contributed by atoms with Crippen molar-refractivity contribution < 1.29 is 14.6 Å². The van der Waals surface area contributed by atoms with Crippen molar-refractivity contribution in [3.05, 3.63) is 138 Å². The SMILES string of the molecule is O=C(O)c1cccc(OC(c2ccccc2)(c2ccccc2)c2ccccc2)c1. The van der Waals surface area contributed by atoms with Crippen LogP contribution in [0.15, 0.2) is 115 Å². The van der Waals surface area contributed by atoms with Crippen molar-refractivity contribution in [2.75, 3.05) is 0 Å². The largest absolute Gasteiger partial charge is 0.478 e. The van der Waals surface area contributed by atoms with Gasteiger partial charge in [-0.3, -0.25) is 0 Å². The zero-order chi connectivity index (χ0) is 20.1. The van der Waals surface area contributed by atoms with Crippen LogP contribution in [0.5, 0.6) is 5.75 Å². The van der Waals surface area contributed by atoms with Crippen LogP contribution >= 0.6 is 0 Å². The smallest absolute Gasteiger partial charge is 0.335 e. The Kier molecular flexibility index (Phi) is 5.12. The Morgan fingerprint density at radius 2 is 1.07 bits per heavy atom. The van der Waals surface area contributed by atoms with Gasteiger partial charge in [0.2, 0.25) is 0 Å². The van der Waals surface area contributed by atoms with Crippen LogP contribution in [0.3, 0.4) is 0 Å². The third-order valence-electron chi connectivity index (χ3n) is 4.89. The molecule has 29 heavy (non-hydrogen) atoms. The van der Waals surface area contributed by atoms with Gasteiger partial charge in [0.25, 0.3) is 0 Å². The molecule has 0 bridgehead atoms. The lowest BCUT2D eigenvalue weighted by Gasteiger charge is -2.36. The number of hydrogen-bond acceptors (Lipinski definition) is 2. The Labute approximate surface area is 169 Å². The van der Waals surface area contributed by atoms with E-state index in [-0.39, 0.29) is 5.56 Å². The van der Waals surface area contributed by atoms with E-state index in [1.165, 1.54) is 0 Å². The summed E-state index contributed by atoms with van der Waals surface area (Å²) in [4.78, 5) is 11.5. The molecule has 3 heteroatoms. The topological polar surface area (TPSA) is 46.5 Å². The van der Waals surface area contributed by atoms with Gasteiger partial charge in [0.15, 0.2) is 5.60 Å². The van der Waals surface area contributed by atoms with Gasteiger partial charge in [-0.05, 0) is 18.2 Å². The number of aromatic carboxylic acids is 1. The third kappa shape index (κ3) is 3.63. The summed E-state index contributed by atoms with van der Waals surface area (Å²) < 4.78 is 6.69. The average Bonchev–Trinajstić information content (AvgIpc) is 2.79. The molecule has 0 unspecified atom stereocenters. The van der Waals surface area contributed by atoms with Crippen molar-refractivity contribution in [2.24, 2.45) is 0 Å². The Morgan fingerprint density at radius 1 is 0.621 bits per heavy atom. The van der Waals surface area contributed by atoms with Gasteiger partial charge in [0, 0.05) is 16.7 Å². The molecule has 142 valence electrons. The van der Waals surface area contributed by atoms with E-state index in [0.717, 1.165) is 16.7 Å². The molecule has 0 radical (unpaired) electrons. The van der Waals surface area contributed by atoms with Crippen LogP contribution < -0.4 is 4.74 Å². The van der Waals surface area contributed by atoms with Gasteiger partial charge in [-0.1, -0.05) is 97.1 Å². The molecule has 0 saturated carbocycles. The maximum absolute atomic E-state index is 11.5. The highest BCUT2D eigenvalue weighted by Crippen LogP contribution is 2.41. The van der Waals surface area contributed by atoms with Crippen LogP contribution in [-0.2, 0) is 5.60 Å². The van der Waals surface area contributed by atoms with Crippen molar-refractivity contribution in [2.45, 2.75) is 5.60 Å². The summed E-state index contributed by atoms with van der Waals surface area (Å²) in [6.45, 7) is 0. The van der Waals surface area contributed by atoms with E-state index < -0.39 is 11.6 Å². The molecule has 4 rings (SSSR count). The summed E-state index contributed by atoms with van der Waals surface area (Å²) in [5, 5.41) is 9.40. The number of benzene rings is 4. The quantitative estimate of drug-likeness (QED) is 0.433. The highest BCUT2D eigenvalue weighted by atomic mass is 16.5. The zero-order valence-corrected chi connectivity index (χ0v) is 15.7. The van der Waals surface area contributed by atoms with Crippen LogP contribution in [0.2, 0.25) is 0 Å². The first-order chi connectivity index (χ1) is 14.2. The van der Waals surface area contributed by atoms with E-state index in [4.69, 9.17) is 4.74 Å². The molecule has 3 nitrogen and oxygen atoms in total. The first-order valence-electron chi connectivity index (χ1n) is 9.39. The zero-order valence-electron chi connectivity index (χ0n) is 15.7. The maximum Gasteiger partial charge on any atom is 0.335 e. The van der Waals surface area contributed by atoms with Gasteiger partial charge in [0.05, 0.1) is 5.56 Å². The second-order valence-corrected chi connectivity index (χ2v) is 6.71. The van der Waals surface area contributed by atoms with Crippen LogP contribution in [0.25, 0.3) is 0 Å². The molecule has 4 aromatic carbocycles. The summed E-state index contributed by atoms with van der Waals surface area (Å²) in [5.41, 5.74) is 2.13. The molecular weight excluding hydrogens is 360 g/mol. The summed E-state index contributed by atoms with van der Waals surface area (Å²) >= 11 is 0. The molecule has 0 spiro atoms. The molecule has 0 aliphatic carbocycles. The van der Waals surface area contributed by atoms with Gasteiger partial charge < -0.3 is 9.84 Å². The van der Waals surface area contributed by atoms with Crippen molar-refractivity contribution in [1.29, 1.82) is 0 Å². The Bertz CT molecular complexity index is 994. The minimum atomic E-state index is -0.986. The molecule has 0 saturated heterocycles. The first kappa shape index (κ1) is 18.5. The molecular formula is C26H20O3. The predicted molar refractivity (Wildman–Crippen MR) is 113 cm³/mol. The molecule has 0 aliphatic heterocycles. The Hall–Kier alpha value is -3.85. The van der Waals surface area contributed by atoms with E-state index >= 15 is 0 Å². The highest BCUT2D eigenvalue weighted by molar-refractivity contribution is 5.88. The van der Waals surface area contributed by atoms with E-state index in [2.05, 4.69) is 0 Å². The molecule has 0 atom stereocenters. The average molecular weight is 380 g/mol. The minimum Gasteiger partial charge on any atom is -0.478 e. The lowest BCUT2D eigenvalue weighted by molar-refractivity contribution is 0.0695. The second-order valence-electron chi connectivity index (χ2n) is 6.71. The van der Waals surface area contributed by atoms with E-state index in [9.17, 15) is 9.90 Å². The lowest BCUT2D eigenvalue weighted by Crippen LogP contribution is -2.36. The van der Waals surface area contributed by atoms with Gasteiger partial charge >= 0.3 is 5.97 Å². The molecule has 0 heterocycles. The predicted octanol–water partition coefficient (Wildman–Crippen LogP) is 5.76. The molecule has 0 aliphatic rings. The summed E-state index contributed by atoms with van der Waals surface area (Å²) in [6, 6.07) is 36.6. The molecule has 4 aromatic rings. The molecule has 0 aromatic heterocycles. The normalized spacial score (nSPS) is 11.0. The molecule has 1 N–H and O–H groups in total. The Balaban J connectivity index is 1.98. The fourth-order valence-electron chi connectivity index (χ4n) is 3.56. The Morgan fingerprint density at radius 3 is 1.48 bits per heavy atom. The first-order valence-corrected chi connectivity index (χ1v) is 9.39. The van der Waals surface area contributed by atoms with Crippen LogP contribution in [0.1, 0.15) is 27.0 Å². The van der Waals surface area contributed by atoms with Gasteiger partial charge in [0.1, 0.15) is 5.75 Å². The summed E-state index contributed by atoms with van der Waals surface area (Å²) in [6.07, 6.45) is 0. The number of ether oxygens (including phenoxy) is 1. The van der Waals surface area contributed by atoms with Crippen molar-refractivity contribution in [1.82, 2.24) is 0 Å². The fourth-order valence-corrected chi connectivity index (χ4v) is 3.56. The molecule has 0 amide bonds. The van der Waals surface area contributed by atoms with Crippen LogP contribution in [0.4, 0.5) is 0 Å². The van der Waals surface area contributed by atoms with Gasteiger partial charge in [-0.2, -0.15) is 0 Å². The summed E-state index contributed by atoms with van der Waals surface area (Å²) in [5.74, 6) is -0.498. The minimum absolute atomic E-state index is 0.186. The monoisotopic (exact) mass is 380 g/mol. The number of carboxylic acid groups (broad SMARTS) is 1. The van der Waals surface area contributed by atoms with Gasteiger partial charge in [-0.15, -0.1) is 0 Å². The number of carboxylic acids is 1. The maximum atomic E-state index is 11.5. The van der Waals surface area contributed by atoms with Crippen molar-refractivity contribution in [3.8, 4) is 5.75 Å². The number of hydrogen-bond donors (Lipinski definition) is 1. The van der Waals surface area contributed by atoms with E-state index in [0.29, 0.717) is 5.75 Å². The van der Waals surface area contributed by atoms with Crippen LogP contribution in [0, 0.1) is 0 Å². The fraction of sp³-hybridized carbons (Fsp3) is 0.0385. The van der Waals surface area contributed by atoms with Crippen molar-refractivity contribution >= 4 is 5.97 Å². The third-order valence-corrected chi connectivity index (χ3v) is 4.89. The van der Waals surface area contributed by atoms with Gasteiger partial charge in [-0.25, -0.2) is 4.79 Å². The van der Waals surface area contributed by atoms with E-state index in [1.54, 1.807) is 24.3 Å². The number of rotatable bonds is 6. The summed E-state index contributed by atoms with van der Waals surface area (Å²) in [7, 11) is 0. The second kappa shape index (κ2) is 8.03. The standard InChI is InChI=1S/C26H20O3/c27-25(28)20-11-10-18-24(19-20)29-26(21-12-4-1-5-13-21,22-14-6-2-7-15-22)23-16-8-3-9-17-23/h1-19H,(H,27,28). The number of carbonyl (C=O) groups is 1. The van der Waals surface area contributed by atoms with E-state index in [1.807, 2.05) is 91.0 Å². The molecule has 0 fully saturated rings. The highest BCUT2D eigenvalue weighted by Gasteiger charge is 2.39. The lowest BCUT2D eigenvalue weighted by atomic mass is 9.80.